The van der Waals surface area contributed by atoms with Gasteiger partial charge in [-0.25, -0.2) is 14.6 Å². The van der Waals surface area contributed by atoms with Crippen LogP contribution in [-0.4, -0.2) is 39.4 Å². The van der Waals surface area contributed by atoms with E-state index in [0.717, 1.165) is 47.8 Å². The molecule has 2 rings (SSSR count). The van der Waals surface area contributed by atoms with E-state index < -0.39 is 0 Å². The first-order valence-electron chi connectivity index (χ1n) is 10.3. The summed E-state index contributed by atoms with van der Waals surface area (Å²) in [6.45, 7) is 8.51. The summed E-state index contributed by atoms with van der Waals surface area (Å²) in [4.78, 5) is 21.8. The van der Waals surface area contributed by atoms with Gasteiger partial charge in [0.05, 0.1) is 31.6 Å². The monoisotopic (exact) mass is 416 g/mol. The number of aryl methyl sites for hydroxylation is 1. The number of benzene rings is 2. The molecule has 0 saturated heterocycles. The van der Waals surface area contributed by atoms with E-state index in [4.69, 9.17) is 19.2 Å². The van der Waals surface area contributed by atoms with E-state index in [0.29, 0.717) is 25.4 Å². The van der Waals surface area contributed by atoms with Crippen molar-refractivity contribution in [3.05, 3.63) is 53.1 Å². The van der Waals surface area contributed by atoms with Crippen molar-refractivity contribution in [1.29, 1.82) is 0 Å². The molecule has 0 aliphatic heterocycles. The van der Waals surface area contributed by atoms with Gasteiger partial charge in [0, 0.05) is 18.8 Å². The van der Waals surface area contributed by atoms with Gasteiger partial charge in [0.15, 0.2) is 0 Å². The summed E-state index contributed by atoms with van der Waals surface area (Å²) in [6.07, 6.45) is 0.914. The fourth-order valence-corrected chi connectivity index (χ4v) is 2.90. The number of hydrogen-bond acceptors (Lipinski definition) is 7. The lowest BCUT2D eigenvalue weighted by Crippen LogP contribution is -2.11. The van der Waals surface area contributed by atoms with Crippen molar-refractivity contribution in [2.75, 3.05) is 44.0 Å². The third-order valence-electron chi connectivity index (χ3n) is 4.41. The van der Waals surface area contributed by atoms with Gasteiger partial charge >= 0.3 is 5.97 Å². The van der Waals surface area contributed by atoms with E-state index in [2.05, 4.69) is 10.6 Å². The smallest absolute Gasteiger partial charge is 0.338 e. The topological polar surface area (TPSA) is 78.1 Å². The molecular weight excluding hydrogens is 384 g/mol. The molecule has 0 aliphatic rings. The molecule has 0 spiro atoms. The number of anilines is 2. The Bertz CT molecular complexity index is 810. The number of rotatable bonds is 13. The summed E-state index contributed by atoms with van der Waals surface area (Å²) in [7, 11) is 1.65. The van der Waals surface area contributed by atoms with Gasteiger partial charge in [0.2, 0.25) is 0 Å². The SMILES string of the molecule is CCOOCc1ccc(NCCCNc2ccc(C(=O)OCC)cc2C)c(OC)c1. The molecule has 0 aliphatic carbocycles. The van der Waals surface area contributed by atoms with E-state index in [1.807, 2.05) is 44.2 Å². The number of carbonyl (C=O) groups is 1. The molecular formula is C23H32N2O5. The van der Waals surface area contributed by atoms with Crippen molar-refractivity contribution >= 4 is 17.3 Å². The lowest BCUT2D eigenvalue weighted by Gasteiger charge is -2.14. The van der Waals surface area contributed by atoms with Crippen molar-refractivity contribution < 1.29 is 24.0 Å². The first-order chi connectivity index (χ1) is 14.6. The maximum atomic E-state index is 11.8. The zero-order valence-corrected chi connectivity index (χ0v) is 18.2. The van der Waals surface area contributed by atoms with Crippen LogP contribution < -0.4 is 15.4 Å². The number of ether oxygens (including phenoxy) is 2. The van der Waals surface area contributed by atoms with Crippen molar-refractivity contribution in [2.45, 2.75) is 33.8 Å². The highest BCUT2D eigenvalue weighted by atomic mass is 17.2. The third-order valence-corrected chi connectivity index (χ3v) is 4.41. The molecule has 0 bridgehead atoms. The fourth-order valence-electron chi connectivity index (χ4n) is 2.90. The summed E-state index contributed by atoms with van der Waals surface area (Å²) in [5, 5.41) is 6.81. The maximum Gasteiger partial charge on any atom is 0.338 e. The highest BCUT2D eigenvalue weighted by Crippen LogP contribution is 2.26. The molecule has 0 saturated carbocycles. The van der Waals surface area contributed by atoms with Gasteiger partial charge in [-0.05, 0) is 68.7 Å². The molecule has 2 N–H and O–H groups in total. The number of esters is 1. The van der Waals surface area contributed by atoms with E-state index in [-0.39, 0.29) is 5.97 Å². The molecule has 0 heterocycles. The van der Waals surface area contributed by atoms with Crippen LogP contribution in [0.25, 0.3) is 0 Å². The predicted molar refractivity (Wildman–Crippen MR) is 118 cm³/mol. The number of nitrogens with one attached hydrogen (secondary N) is 2. The van der Waals surface area contributed by atoms with Crippen molar-refractivity contribution in [2.24, 2.45) is 0 Å². The number of carbonyl (C=O) groups excluding carboxylic acids is 1. The van der Waals surface area contributed by atoms with Crippen LogP contribution in [-0.2, 0) is 21.1 Å². The van der Waals surface area contributed by atoms with Crippen LogP contribution in [0.5, 0.6) is 5.75 Å². The average Bonchev–Trinajstić information content (AvgIpc) is 2.75. The third kappa shape index (κ3) is 7.24. The van der Waals surface area contributed by atoms with Gasteiger partial charge in [-0.3, -0.25) is 0 Å². The van der Waals surface area contributed by atoms with Gasteiger partial charge in [0.25, 0.3) is 0 Å². The molecule has 0 unspecified atom stereocenters. The average molecular weight is 417 g/mol. The Hall–Kier alpha value is -2.77. The van der Waals surface area contributed by atoms with E-state index in [1.165, 1.54) is 0 Å². The minimum Gasteiger partial charge on any atom is -0.495 e. The van der Waals surface area contributed by atoms with Crippen LogP contribution in [0.4, 0.5) is 11.4 Å². The van der Waals surface area contributed by atoms with Crippen LogP contribution in [0, 0.1) is 6.92 Å². The second-order valence-corrected chi connectivity index (χ2v) is 6.66. The molecule has 7 nitrogen and oxygen atoms in total. The number of methoxy groups -OCH3 is 1. The van der Waals surface area contributed by atoms with E-state index >= 15 is 0 Å². The lowest BCUT2D eigenvalue weighted by molar-refractivity contribution is -0.300. The molecule has 164 valence electrons. The summed E-state index contributed by atoms with van der Waals surface area (Å²) in [5.41, 5.74) is 4.52. The molecule has 0 amide bonds. The Morgan fingerprint density at radius 1 is 0.933 bits per heavy atom. The molecule has 30 heavy (non-hydrogen) atoms. The van der Waals surface area contributed by atoms with Crippen LogP contribution >= 0.6 is 0 Å². The quantitative estimate of drug-likeness (QED) is 0.214. The molecule has 0 aromatic heterocycles. The van der Waals surface area contributed by atoms with Crippen LogP contribution in [0.3, 0.4) is 0 Å². The zero-order valence-electron chi connectivity index (χ0n) is 18.2. The Morgan fingerprint density at radius 2 is 1.67 bits per heavy atom. The van der Waals surface area contributed by atoms with Crippen molar-refractivity contribution in [1.82, 2.24) is 0 Å². The number of hydrogen-bond donors (Lipinski definition) is 2. The van der Waals surface area contributed by atoms with E-state index in [9.17, 15) is 4.79 Å². The first kappa shape index (κ1) is 23.5. The summed E-state index contributed by atoms with van der Waals surface area (Å²) >= 11 is 0. The van der Waals surface area contributed by atoms with Crippen LogP contribution in [0.15, 0.2) is 36.4 Å². The van der Waals surface area contributed by atoms with Gasteiger partial charge < -0.3 is 20.1 Å². The second-order valence-electron chi connectivity index (χ2n) is 6.66. The molecule has 7 heteroatoms. The lowest BCUT2D eigenvalue weighted by atomic mass is 10.1. The summed E-state index contributed by atoms with van der Waals surface area (Å²) in [5.74, 6) is 0.478. The molecule has 0 atom stereocenters. The maximum absolute atomic E-state index is 11.8. The minimum atomic E-state index is -0.291. The van der Waals surface area contributed by atoms with E-state index in [1.54, 1.807) is 20.1 Å². The van der Waals surface area contributed by atoms with Crippen molar-refractivity contribution in [3.63, 3.8) is 0 Å². The molecule has 2 aromatic carbocycles. The van der Waals surface area contributed by atoms with Crippen molar-refractivity contribution in [3.8, 4) is 5.75 Å². The fraction of sp³-hybridized carbons (Fsp3) is 0.435. The Morgan fingerprint density at radius 3 is 2.33 bits per heavy atom. The summed E-state index contributed by atoms with van der Waals surface area (Å²) in [6, 6.07) is 11.5. The first-order valence-corrected chi connectivity index (χ1v) is 10.3. The molecule has 2 aromatic rings. The van der Waals surface area contributed by atoms with Gasteiger partial charge in [-0.2, -0.15) is 0 Å². The molecule has 0 fully saturated rings. The van der Waals surface area contributed by atoms with Gasteiger partial charge in [0.1, 0.15) is 12.4 Å². The van der Waals surface area contributed by atoms with Crippen LogP contribution in [0.2, 0.25) is 0 Å². The Kier molecular flexibility index (Phi) is 9.97. The Balaban J connectivity index is 1.79. The second kappa shape index (κ2) is 12.7. The standard InChI is InChI=1S/C23H32N2O5/c1-5-28-23(26)19-9-11-20(17(3)14-19)24-12-7-13-25-21-10-8-18(15-22(21)27-4)16-30-29-6-2/h8-11,14-15,24-25H,5-7,12-13,16H2,1-4H3. The largest absolute Gasteiger partial charge is 0.495 e. The minimum absolute atomic E-state index is 0.291. The normalized spacial score (nSPS) is 10.5. The van der Waals surface area contributed by atoms with Crippen LogP contribution in [0.1, 0.15) is 41.8 Å². The van der Waals surface area contributed by atoms with Gasteiger partial charge in [-0.1, -0.05) is 6.07 Å². The highest BCUT2D eigenvalue weighted by molar-refractivity contribution is 5.90. The zero-order chi connectivity index (χ0) is 21.8. The molecule has 0 radical (unpaired) electrons. The van der Waals surface area contributed by atoms with Gasteiger partial charge in [-0.15, -0.1) is 0 Å². The Labute approximate surface area is 178 Å². The summed E-state index contributed by atoms with van der Waals surface area (Å²) < 4.78 is 10.5. The highest BCUT2D eigenvalue weighted by Gasteiger charge is 2.08. The predicted octanol–water partition coefficient (Wildman–Crippen LogP) is 4.56.